The summed E-state index contributed by atoms with van der Waals surface area (Å²) >= 11 is 0. The fraction of sp³-hybridized carbons (Fsp3) is 0.105. The Morgan fingerprint density at radius 2 is 1.96 bits per heavy atom. The summed E-state index contributed by atoms with van der Waals surface area (Å²) in [6.45, 7) is 2.07. The highest BCUT2D eigenvalue weighted by Gasteiger charge is 2.24. The summed E-state index contributed by atoms with van der Waals surface area (Å²) in [5.41, 5.74) is 15.2. The van der Waals surface area contributed by atoms with E-state index in [-0.39, 0.29) is 11.5 Å². The third-order valence-corrected chi connectivity index (χ3v) is 4.04. The van der Waals surface area contributed by atoms with E-state index in [1.807, 2.05) is 0 Å². The molecule has 0 bridgehead atoms. The SMILES string of the molecule is C/C(N)=C/C(=C\N)c1cc(-c2ccc(F)cc2F)cc2c1CNC2=O. The number of halogens is 2. The number of nitrogens with one attached hydrogen (secondary N) is 1. The Bertz CT molecular complexity index is 929. The predicted molar refractivity (Wildman–Crippen MR) is 93.1 cm³/mol. The molecule has 0 saturated carbocycles. The smallest absolute Gasteiger partial charge is 0.251 e. The lowest BCUT2D eigenvalue weighted by molar-refractivity contribution is 0.0966. The third kappa shape index (κ3) is 3.10. The molecule has 1 heterocycles. The molecule has 2 aromatic carbocycles. The molecule has 0 spiro atoms. The topological polar surface area (TPSA) is 81.1 Å². The van der Waals surface area contributed by atoms with Crippen LogP contribution in [0.1, 0.15) is 28.4 Å². The Morgan fingerprint density at radius 3 is 2.60 bits per heavy atom. The van der Waals surface area contributed by atoms with E-state index in [2.05, 4.69) is 5.32 Å². The molecule has 1 amide bonds. The van der Waals surface area contributed by atoms with Crippen molar-refractivity contribution in [3.8, 4) is 11.1 Å². The molecule has 1 aliphatic rings. The van der Waals surface area contributed by atoms with E-state index in [0.29, 0.717) is 34.5 Å². The van der Waals surface area contributed by atoms with E-state index in [4.69, 9.17) is 11.5 Å². The van der Waals surface area contributed by atoms with Gasteiger partial charge in [0.25, 0.3) is 5.91 Å². The van der Waals surface area contributed by atoms with E-state index >= 15 is 0 Å². The molecule has 0 fully saturated rings. The molecule has 0 aliphatic carbocycles. The van der Waals surface area contributed by atoms with Crippen molar-refractivity contribution in [3.05, 3.63) is 76.6 Å². The summed E-state index contributed by atoms with van der Waals surface area (Å²) in [7, 11) is 0. The van der Waals surface area contributed by atoms with Crippen LogP contribution in [0.4, 0.5) is 8.78 Å². The number of allylic oxidation sites excluding steroid dienone is 3. The Hall–Kier alpha value is -3.15. The maximum atomic E-state index is 14.2. The Balaban J connectivity index is 2.26. The van der Waals surface area contributed by atoms with Gasteiger partial charge in [-0.25, -0.2) is 8.78 Å². The zero-order valence-corrected chi connectivity index (χ0v) is 13.6. The fourth-order valence-electron chi connectivity index (χ4n) is 2.93. The van der Waals surface area contributed by atoms with Gasteiger partial charge in [0.1, 0.15) is 11.6 Å². The predicted octanol–water partition coefficient (Wildman–Crippen LogP) is 3.04. The van der Waals surface area contributed by atoms with Crippen molar-refractivity contribution >= 4 is 11.5 Å². The second-order valence-electron chi connectivity index (χ2n) is 5.87. The molecule has 0 unspecified atom stereocenters. The first kappa shape index (κ1) is 16.7. The quantitative estimate of drug-likeness (QED) is 0.751. The van der Waals surface area contributed by atoms with Crippen molar-refractivity contribution in [2.45, 2.75) is 13.5 Å². The minimum atomic E-state index is -0.701. The number of carbonyl (C=O) groups excluding carboxylic acids is 1. The van der Waals surface area contributed by atoms with E-state index in [0.717, 1.165) is 11.6 Å². The van der Waals surface area contributed by atoms with Gasteiger partial charge in [-0.3, -0.25) is 4.79 Å². The first-order valence-electron chi connectivity index (χ1n) is 7.67. The molecule has 0 saturated heterocycles. The lowest BCUT2D eigenvalue weighted by Gasteiger charge is -2.13. The number of hydrogen-bond acceptors (Lipinski definition) is 3. The number of benzene rings is 2. The van der Waals surface area contributed by atoms with Gasteiger partial charge in [0, 0.05) is 35.6 Å². The van der Waals surface area contributed by atoms with E-state index in [9.17, 15) is 13.6 Å². The molecule has 25 heavy (non-hydrogen) atoms. The molecular formula is C19H17F2N3O. The lowest BCUT2D eigenvalue weighted by atomic mass is 9.91. The molecular weight excluding hydrogens is 324 g/mol. The molecule has 4 nitrogen and oxygen atoms in total. The van der Waals surface area contributed by atoms with Crippen LogP contribution >= 0.6 is 0 Å². The molecule has 1 aliphatic heterocycles. The van der Waals surface area contributed by atoms with Crippen molar-refractivity contribution in [1.29, 1.82) is 0 Å². The third-order valence-electron chi connectivity index (χ3n) is 4.04. The number of nitrogens with two attached hydrogens (primary N) is 2. The van der Waals surface area contributed by atoms with Crippen LogP contribution in [0.2, 0.25) is 0 Å². The molecule has 0 atom stereocenters. The summed E-state index contributed by atoms with van der Waals surface area (Å²) in [5.74, 6) is -1.61. The molecule has 3 rings (SSSR count). The van der Waals surface area contributed by atoms with Gasteiger partial charge in [0.05, 0.1) is 0 Å². The Morgan fingerprint density at radius 1 is 1.20 bits per heavy atom. The summed E-state index contributed by atoms with van der Waals surface area (Å²) < 4.78 is 27.4. The van der Waals surface area contributed by atoms with Crippen molar-refractivity contribution in [1.82, 2.24) is 5.32 Å². The van der Waals surface area contributed by atoms with E-state index < -0.39 is 11.6 Å². The zero-order chi connectivity index (χ0) is 18.1. The minimum absolute atomic E-state index is 0.204. The van der Waals surface area contributed by atoms with E-state index in [1.54, 1.807) is 25.1 Å². The minimum Gasteiger partial charge on any atom is -0.404 e. The Labute approximate surface area is 143 Å². The van der Waals surface area contributed by atoms with Gasteiger partial charge < -0.3 is 16.8 Å². The van der Waals surface area contributed by atoms with Crippen molar-refractivity contribution in [3.63, 3.8) is 0 Å². The zero-order valence-electron chi connectivity index (χ0n) is 13.6. The van der Waals surface area contributed by atoms with Crippen LogP contribution in [0.5, 0.6) is 0 Å². The highest BCUT2D eigenvalue weighted by Crippen LogP contribution is 2.33. The highest BCUT2D eigenvalue weighted by molar-refractivity contribution is 6.01. The van der Waals surface area contributed by atoms with Crippen LogP contribution in [-0.4, -0.2) is 5.91 Å². The maximum absolute atomic E-state index is 14.2. The number of carbonyl (C=O) groups is 1. The fourth-order valence-corrected chi connectivity index (χ4v) is 2.93. The average Bonchev–Trinajstić information content (AvgIpc) is 2.93. The van der Waals surface area contributed by atoms with Gasteiger partial charge in [-0.2, -0.15) is 0 Å². The van der Waals surface area contributed by atoms with Crippen LogP contribution in [0, 0.1) is 11.6 Å². The summed E-state index contributed by atoms with van der Waals surface area (Å²) in [6.07, 6.45) is 3.07. The average molecular weight is 341 g/mol. The maximum Gasteiger partial charge on any atom is 0.251 e. The number of rotatable bonds is 3. The number of hydrogen-bond donors (Lipinski definition) is 3. The summed E-state index contributed by atoms with van der Waals surface area (Å²) in [4.78, 5) is 12.1. The number of fused-ring (bicyclic) bond motifs is 1. The second-order valence-corrected chi connectivity index (χ2v) is 5.87. The molecule has 2 aromatic rings. The second kappa shape index (κ2) is 6.39. The Kier molecular flexibility index (Phi) is 4.27. The highest BCUT2D eigenvalue weighted by atomic mass is 19.1. The van der Waals surface area contributed by atoms with E-state index in [1.165, 1.54) is 18.3 Å². The van der Waals surface area contributed by atoms with Gasteiger partial charge >= 0.3 is 0 Å². The first-order chi connectivity index (χ1) is 11.9. The van der Waals surface area contributed by atoms with Crippen LogP contribution < -0.4 is 16.8 Å². The molecule has 0 aromatic heterocycles. The van der Waals surface area contributed by atoms with Crippen molar-refractivity contribution < 1.29 is 13.6 Å². The summed E-state index contributed by atoms with van der Waals surface area (Å²) in [6, 6.07) is 6.66. The van der Waals surface area contributed by atoms with Crippen molar-refractivity contribution in [2.24, 2.45) is 11.5 Å². The van der Waals surface area contributed by atoms with Crippen LogP contribution in [-0.2, 0) is 6.54 Å². The van der Waals surface area contributed by atoms with Gasteiger partial charge in [0.15, 0.2) is 0 Å². The standard InChI is InChI=1S/C19H17F2N3O/c1-10(23)4-12(8-22)15-5-11(6-16-17(15)9-24-19(16)25)14-3-2-13(20)7-18(14)21/h2-8H,9,22-23H2,1H3,(H,24,25)/b10-4-,12-8+. The first-order valence-corrected chi connectivity index (χ1v) is 7.67. The largest absolute Gasteiger partial charge is 0.404 e. The normalized spacial score (nSPS) is 14.4. The molecule has 128 valence electrons. The molecule has 0 radical (unpaired) electrons. The van der Waals surface area contributed by atoms with Gasteiger partial charge in [0.2, 0.25) is 0 Å². The monoisotopic (exact) mass is 341 g/mol. The van der Waals surface area contributed by atoms with Gasteiger partial charge in [-0.15, -0.1) is 0 Å². The van der Waals surface area contributed by atoms with Crippen LogP contribution in [0.3, 0.4) is 0 Å². The van der Waals surface area contributed by atoms with Crippen molar-refractivity contribution in [2.75, 3.05) is 0 Å². The van der Waals surface area contributed by atoms with Crippen LogP contribution in [0.15, 0.2) is 48.3 Å². The van der Waals surface area contributed by atoms with Crippen LogP contribution in [0.25, 0.3) is 16.7 Å². The van der Waals surface area contributed by atoms with Gasteiger partial charge in [-0.05, 0) is 59.5 Å². The number of amides is 1. The molecule has 6 heteroatoms. The molecule has 5 N–H and O–H groups in total. The van der Waals surface area contributed by atoms with Gasteiger partial charge in [-0.1, -0.05) is 0 Å². The lowest BCUT2D eigenvalue weighted by Crippen LogP contribution is -2.12. The summed E-state index contributed by atoms with van der Waals surface area (Å²) in [5, 5.41) is 2.75.